The minimum Gasteiger partial charge on any atom is -0.320 e. The minimum absolute atomic E-state index is 0.435. The summed E-state index contributed by atoms with van der Waals surface area (Å²) in [6, 6.07) is 10.4. The van der Waals surface area contributed by atoms with Gasteiger partial charge in [0.05, 0.1) is 6.04 Å². The van der Waals surface area contributed by atoms with E-state index in [1.54, 1.807) is 0 Å². The van der Waals surface area contributed by atoms with Gasteiger partial charge in [0, 0.05) is 9.64 Å². The van der Waals surface area contributed by atoms with Crippen molar-refractivity contribution in [3.05, 3.63) is 68.8 Å². The maximum atomic E-state index is 13.1. The second-order valence-electron chi connectivity index (χ2n) is 3.74. The van der Waals surface area contributed by atoms with E-state index in [0.717, 1.165) is 15.2 Å². The van der Waals surface area contributed by atoms with E-state index in [1.165, 1.54) is 12.1 Å². The average Bonchev–Trinajstić information content (AvgIpc) is 2.26. The van der Waals surface area contributed by atoms with Crippen LogP contribution >= 0.6 is 22.6 Å². The molecule has 0 saturated carbocycles. The normalized spacial score (nSPS) is 12.5. The molecule has 0 amide bonds. The van der Waals surface area contributed by atoms with Crippen LogP contribution in [0.4, 0.5) is 8.78 Å². The molecule has 17 heavy (non-hydrogen) atoms. The lowest BCUT2D eigenvalue weighted by Crippen LogP contribution is -2.12. The van der Waals surface area contributed by atoms with E-state index in [9.17, 15) is 8.78 Å². The van der Waals surface area contributed by atoms with Gasteiger partial charge in [0.2, 0.25) is 0 Å². The summed E-state index contributed by atoms with van der Waals surface area (Å²) in [6.07, 6.45) is 0. The van der Waals surface area contributed by atoms with Gasteiger partial charge < -0.3 is 5.73 Å². The zero-order chi connectivity index (χ0) is 12.4. The predicted molar refractivity (Wildman–Crippen MR) is 71.5 cm³/mol. The van der Waals surface area contributed by atoms with Crippen LogP contribution in [0.15, 0.2) is 42.5 Å². The third-order valence-electron chi connectivity index (χ3n) is 2.45. The highest BCUT2D eigenvalue weighted by molar-refractivity contribution is 14.1. The van der Waals surface area contributed by atoms with E-state index >= 15 is 0 Å². The summed E-state index contributed by atoms with van der Waals surface area (Å²) in [5.41, 5.74) is 7.26. The predicted octanol–water partition coefficient (Wildman–Crippen LogP) is 3.62. The van der Waals surface area contributed by atoms with Crippen LogP contribution in [0.2, 0.25) is 0 Å². The van der Waals surface area contributed by atoms with Gasteiger partial charge in [-0.05, 0) is 58.0 Å². The Labute approximate surface area is 112 Å². The molecule has 0 aliphatic carbocycles. The van der Waals surface area contributed by atoms with E-state index < -0.39 is 17.7 Å². The molecule has 0 spiro atoms. The van der Waals surface area contributed by atoms with Crippen LogP contribution in [-0.2, 0) is 0 Å². The molecule has 4 heteroatoms. The Bertz CT molecular complexity index is 522. The molecule has 2 aromatic rings. The monoisotopic (exact) mass is 345 g/mol. The fraction of sp³-hybridized carbons (Fsp3) is 0.0769. The number of hydrogen-bond acceptors (Lipinski definition) is 1. The highest BCUT2D eigenvalue weighted by Crippen LogP contribution is 2.22. The van der Waals surface area contributed by atoms with Gasteiger partial charge in [0.15, 0.2) is 0 Å². The molecule has 2 aromatic carbocycles. The average molecular weight is 345 g/mol. The minimum atomic E-state index is -0.610. The molecule has 2 rings (SSSR count). The molecular weight excluding hydrogens is 335 g/mol. The van der Waals surface area contributed by atoms with Crippen molar-refractivity contribution >= 4 is 22.6 Å². The third-order valence-corrected chi connectivity index (χ3v) is 3.12. The molecule has 0 saturated heterocycles. The molecule has 0 fully saturated rings. The van der Waals surface area contributed by atoms with Crippen LogP contribution in [0.5, 0.6) is 0 Å². The molecule has 1 unspecified atom stereocenters. The molecule has 88 valence electrons. The molecule has 0 bridgehead atoms. The van der Waals surface area contributed by atoms with Crippen molar-refractivity contribution < 1.29 is 8.78 Å². The van der Waals surface area contributed by atoms with Crippen molar-refractivity contribution in [2.75, 3.05) is 0 Å². The van der Waals surface area contributed by atoms with Crippen LogP contribution in [0.1, 0.15) is 17.2 Å². The third kappa shape index (κ3) is 3.01. The zero-order valence-electron chi connectivity index (χ0n) is 8.83. The Morgan fingerprint density at radius 3 is 2.18 bits per heavy atom. The molecular formula is C13H10F2IN. The number of halogens is 3. The van der Waals surface area contributed by atoms with Crippen molar-refractivity contribution in [1.29, 1.82) is 0 Å². The summed E-state index contributed by atoms with van der Waals surface area (Å²) < 4.78 is 27.2. The molecule has 1 nitrogen and oxygen atoms in total. The van der Waals surface area contributed by atoms with Crippen LogP contribution in [-0.4, -0.2) is 0 Å². The molecule has 0 aromatic heterocycles. The summed E-state index contributed by atoms with van der Waals surface area (Å²) in [6.45, 7) is 0. The Morgan fingerprint density at radius 2 is 1.59 bits per heavy atom. The molecule has 0 aliphatic rings. The van der Waals surface area contributed by atoms with Crippen molar-refractivity contribution in [2.45, 2.75) is 6.04 Å². The largest absolute Gasteiger partial charge is 0.320 e. The van der Waals surface area contributed by atoms with Gasteiger partial charge in [-0.15, -0.1) is 0 Å². The number of rotatable bonds is 2. The maximum Gasteiger partial charge on any atom is 0.126 e. The first-order valence-corrected chi connectivity index (χ1v) is 6.11. The van der Waals surface area contributed by atoms with E-state index in [1.807, 2.05) is 24.3 Å². The van der Waals surface area contributed by atoms with Gasteiger partial charge >= 0.3 is 0 Å². The van der Waals surface area contributed by atoms with Crippen LogP contribution < -0.4 is 5.73 Å². The first-order valence-electron chi connectivity index (χ1n) is 5.03. The van der Waals surface area contributed by atoms with Crippen molar-refractivity contribution in [1.82, 2.24) is 0 Å². The Hall–Kier alpha value is -1.01. The Balaban J connectivity index is 2.39. The summed E-state index contributed by atoms with van der Waals surface area (Å²) in [5.74, 6) is -1.22. The fourth-order valence-corrected chi connectivity index (χ4v) is 2.21. The lowest BCUT2D eigenvalue weighted by molar-refractivity contribution is 0.577. The number of nitrogens with two attached hydrogens (primary N) is 1. The quantitative estimate of drug-likeness (QED) is 0.827. The molecule has 2 N–H and O–H groups in total. The van der Waals surface area contributed by atoms with Crippen LogP contribution in [0.25, 0.3) is 0 Å². The number of benzene rings is 2. The second-order valence-corrected chi connectivity index (χ2v) is 4.98. The van der Waals surface area contributed by atoms with E-state index in [2.05, 4.69) is 22.6 Å². The Morgan fingerprint density at radius 1 is 0.941 bits per heavy atom. The Kier molecular flexibility index (Phi) is 3.73. The number of hydrogen-bond donors (Lipinski definition) is 1. The van der Waals surface area contributed by atoms with Crippen LogP contribution in [0.3, 0.4) is 0 Å². The fourth-order valence-electron chi connectivity index (χ4n) is 1.65. The second kappa shape index (κ2) is 5.10. The smallest absolute Gasteiger partial charge is 0.126 e. The van der Waals surface area contributed by atoms with Crippen molar-refractivity contribution in [2.24, 2.45) is 5.73 Å². The SMILES string of the molecule is NC(c1cc(F)cc(F)c1)c1cccc(I)c1. The van der Waals surface area contributed by atoms with Crippen molar-refractivity contribution in [3.63, 3.8) is 0 Å². The maximum absolute atomic E-state index is 13.1. The highest BCUT2D eigenvalue weighted by Gasteiger charge is 2.11. The van der Waals surface area contributed by atoms with Gasteiger partial charge in [0.25, 0.3) is 0 Å². The summed E-state index contributed by atoms with van der Waals surface area (Å²) >= 11 is 2.17. The van der Waals surface area contributed by atoms with Crippen molar-refractivity contribution in [3.8, 4) is 0 Å². The van der Waals surface area contributed by atoms with Gasteiger partial charge in [0.1, 0.15) is 11.6 Å². The van der Waals surface area contributed by atoms with E-state index in [0.29, 0.717) is 5.56 Å². The van der Waals surface area contributed by atoms with Gasteiger partial charge in [-0.25, -0.2) is 8.78 Å². The van der Waals surface area contributed by atoms with Gasteiger partial charge in [-0.3, -0.25) is 0 Å². The highest BCUT2D eigenvalue weighted by atomic mass is 127. The first kappa shape index (κ1) is 12.4. The summed E-state index contributed by atoms with van der Waals surface area (Å²) in [5, 5.41) is 0. The molecule has 1 atom stereocenters. The van der Waals surface area contributed by atoms with Gasteiger partial charge in [-0.2, -0.15) is 0 Å². The van der Waals surface area contributed by atoms with Crippen LogP contribution in [0, 0.1) is 15.2 Å². The topological polar surface area (TPSA) is 26.0 Å². The van der Waals surface area contributed by atoms with Gasteiger partial charge in [-0.1, -0.05) is 12.1 Å². The summed E-state index contributed by atoms with van der Waals surface area (Å²) in [7, 11) is 0. The molecule has 0 heterocycles. The first-order chi connectivity index (χ1) is 8.06. The zero-order valence-corrected chi connectivity index (χ0v) is 11.0. The van der Waals surface area contributed by atoms with E-state index in [4.69, 9.17) is 5.73 Å². The standard InChI is InChI=1S/C13H10F2IN/c14-10-4-9(5-11(15)7-10)13(17)8-2-1-3-12(16)6-8/h1-7,13H,17H2. The molecule has 0 radical (unpaired) electrons. The van der Waals surface area contributed by atoms with E-state index in [-0.39, 0.29) is 0 Å². The molecule has 0 aliphatic heterocycles. The summed E-state index contributed by atoms with van der Waals surface area (Å²) in [4.78, 5) is 0. The lowest BCUT2D eigenvalue weighted by atomic mass is 9.99. The lowest BCUT2D eigenvalue weighted by Gasteiger charge is -2.13.